The molecule has 0 spiro atoms. The molecule has 1 fully saturated rings. The molecule has 2 aliphatic heterocycles. The van der Waals surface area contributed by atoms with Crippen molar-refractivity contribution in [2.24, 2.45) is 0 Å². The van der Waals surface area contributed by atoms with Crippen molar-refractivity contribution in [2.75, 3.05) is 40.0 Å². The quantitative estimate of drug-likeness (QED) is 0.552. The molecule has 3 aromatic carbocycles. The lowest BCUT2D eigenvalue weighted by atomic mass is 9.96. The number of amides is 1. The van der Waals surface area contributed by atoms with E-state index >= 15 is 0 Å². The number of ether oxygens (including phenoxy) is 3. The van der Waals surface area contributed by atoms with E-state index in [0.717, 1.165) is 59.3 Å². The molecule has 0 unspecified atom stereocenters. The van der Waals surface area contributed by atoms with Crippen LogP contribution in [0.5, 0.6) is 11.5 Å². The largest absolute Gasteiger partial charge is 0.497 e. The summed E-state index contributed by atoms with van der Waals surface area (Å²) in [5, 5.41) is 5.17. The molecule has 0 radical (unpaired) electrons. The second-order valence-corrected chi connectivity index (χ2v) is 8.60. The fraction of sp³-hybridized carbons (Fsp3) is 0.370. The van der Waals surface area contributed by atoms with Crippen molar-refractivity contribution in [2.45, 2.75) is 25.0 Å². The Kier molecular flexibility index (Phi) is 6.46. The number of benzene rings is 3. The van der Waals surface area contributed by atoms with Crippen LogP contribution in [0.1, 0.15) is 34.9 Å². The number of hydrogen-bond donors (Lipinski definition) is 1. The number of unbranched alkanes of at least 4 members (excludes halogenated alkanes) is 1. The first-order chi connectivity index (χ1) is 16.2. The van der Waals surface area contributed by atoms with Crippen LogP contribution in [0, 0.1) is 0 Å². The minimum Gasteiger partial charge on any atom is -0.497 e. The van der Waals surface area contributed by atoms with Crippen molar-refractivity contribution in [1.29, 1.82) is 0 Å². The number of nitrogens with zero attached hydrogens (tertiary/aromatic N) is 1. The zero-order valence-electron chi connectivity index (χ0n) is 19.0. The molecule has 0 aliphatic carbocycles. The van der Waals surface area contributed by atoms with Crippen molar-refractivity contribution < 1.29 is 19.0 Å². The molecule has 0 bridgehead atoms. The first-order valence-corrected chi connectivity index (χ1v) is 11.7. The summed E-state index contributed by atoms with van der Waals surface area (Å²) in [7, 11) is 1.68. The van der Waals surface area contributed by atoms with E-state index in [1.54, 1.807) is 7.11 Å². The molecule has 0 saturated carbocycles. The van der Waals surface area contributed by atoms with Gasteiger partial charge in [-0.2, -0.15) is 0 Å². The SMILES string of the molecule is COc1ccc2c(c1)[C@H]1OCCN(CCCCNC(=O)c3cccc4ccccc34)[C@@H]1CO2. The third-order valence-corrected chi connectivity index (χ3v) is 6.62. The van der Waals surface area contributed by atoms with E-state index in [-0.39, 0.29) is 18.1 Å². The summed E-state index contributed by atoms with van der Waals surface area (Å²) in [5.41, 5.74) is 1.80. The Morgan fingerprint density at radius 3 is 2.91 bits per heavy atom. The summed E-state index contributed by atoms with van der Waals surface area (Å²) in [6.45, 7) is 3.85. The van der Waals surface area contributed by atoms with Gasteiger partial charge in [0, 0.05) is 24.2 Å². The lowest BCUT2D eigenvalue weighted by Gasteiger charge is -2.44. The van der Waals surface area contributed by atoms with Crippen molar-refractivity contribution in [3.05, 3.63) is 71.8 Å². The van der Waals surface area contributed by atoms with Gasteiger partial charge in [-0.05, 0) is 54.4 Å². The van der Waals surface area contributed by atoms with Crippen molar-refractivity contribution >= 4 is 16.7 Å². The molecular weight excluding hydrogens is 416 g/mol. The van der Waals surface area contributed by atoms with E-state index in [1.165, 1.54) is 0 Å². The molecule has 2 heterocycles. The lowest BCUT2D eigenvalue weighted by Crippen LogP contribution is -2.52. The smallest absolute Gasteiger partial charge is 0.251 e. The Hall–Kier alpha value is -3.09. The molecule has 3 aromatic rings. The van der Waals surface area contributed by atoms with Gasteiger partial charge >= 0.3 is 0 Å². The molecular formula is C27H30N2O4. The van der Waals surface area contributed by atoms with E-state index in [9.17, 15) is 4.79 Å². The van der Waals surface area contributed by atoms with Crippen LogP contribution in [-0.2, 0) is 4.74 Å². The Balaban J connectivity index is 1.13. The third-order valence-electron chi connectivity index (χ3n) is 6.62. The first-order valence-electron chi connectivity index (χ1n) is 11.7. The lowest BCUT2D eigenvalue weighted by molar-refractivity contribution is -0.0960. The Morgan fingerprint density at radius 1 is 1.12 bits per heavy atom. The first kappa shape index (κ1) is 21.7. The van der Waals surface area contributed by atoms with E-state index in [0.29, 0.717) is 19.8 Å². The van der Waals surface area contributed by atoms with Crippen LogP contribution in [0.3, 0.4) is 0 Å². The number of morpholine rings is 1. The summed E-state index contributed by atoms with van der Waals surface area (Å²) in [6, 6.07) is 20.0. The summed E-state index contributed by atoms with van der Waals surface area (Å²) in [4.78, 5) is 15.2. The number of rotatable bonds is 7. The third kappa shape index (κ3) is 4.54. The van der Waals surface area contributed by atoms with Gasteiger partial charge in [0.05, 0.1) is 19.8 Å². The molecule has 1 saturated heterocycles. The van der Waals surface area contributed by atoms with Gasteiger partial charge in [0.2, 0.25) is 0 Å². The summed E-state index contributed by atoms with van der Waals surface area (Å²) >= 11 is 0. The van der Waals surface area contributed by atoms with E-state index in [4.69, 9.17) is 14.2 Å². The molecule has 5 rings (SSSR count). The topological polar surface area (TPSA) is 60.0 Å². The molecule has 6 nitrogen and oxygen atoms in total. The Bertz CT molecular complexity index is 1130. The summed E-state index contributed by atoms with van der Waals surface area (Å²) < 4.78 is 17.6. The maximum atomic E-state index is 12.7. The maximum Gasteiger partial charge on any atom is 0.251 e. The van der Waals surface area contributed by atoms with Crippen molar-refractivity contribution in [3.8, 4) is 11.5 Å². The van der Waals surface area contributed by atoms with Crippen LogP contribution in [0.2, 0.25) is 0 Å². The zero-order valence-corrected chi connectivity index (χ0v) is 19.0. The van der Waals surface area contributed by atoms with Gasteiger partial charge in [0.1, 0.15) is 24.2 Å². The Morgan fingerprint density at radius 2 is 2.00 bits per heavy atom. The highest BCUT2D eigenvalue weighted by molar-refractivity contribution is 6.06. The fourth-order valence-electron chi connectivity index (χ4n) is 4.88. The second-order valence-electron chi connectivity index (χ2n) is 8.60. The molecule has 1 N–H and O–H groups in total. The van der Waals surface area contributed by atoms with Gasteiger partial charge in [-0.25, -0.2) is 0 Å². The average molecular weight is 447 g/mol. The highest BCUT2D eigenvalue weighted by Gasteiger charge is 2.38. The van der Waals surface area contributed by atoms with Crippen LogP contribution in [0.15, 0.2) is 60.7 Å². The molecule has 0 aromatic heterocycles. The molecule has 6 heteroatoms. The van der Waals surface area contributed by atoms with Gasteiger partial charge in [-0.15, -0.1) is 0 Å². The van der Waals surface area contributed by atoms with Crippen LogP contribution >= 0.6 is 0 Å². The maximum absolute atomic E-state index is 12.7. The highest BCUT2D eigenvalue weighted by atomic mass is 16.5. The number of carbonyl (C=O) groups is 1. The van der Waals surface area contributed by atoms with Crippen LogP contribution in [-0.4, -0.2) is 56.8 Å². The van der Waals surface area contributed by atoms with Gasteiger partial charge in [-0.1, -0.05) is 36.4 Å². The van der Waals surface area contributed by atoms with Gasteiger partial charge in [0.25, 0.3) is 5.91 Å². The second kappa shape index (κ2) is 9.81. The van der Waals surface area contributed by atoms with E-state index in [2.05, 4.69) is 10.2 Å². The predicted molar refractivity (Wildman–Crippen MR) is 128 cm³/mol. The average Bonchev–Trinajstić information content (AvgIpc) is 2.87. The number of methoxy groups -OCH3 is 1. The number of carbonyl (C=O) groups excluding carboxylic acids is 1. The minimum absolute atomic E-state index is 0.00339. The van der Waals surface area contributed by atoms with Gasteiger partial charge in [0.15, 0.2) is 0 Å². The molecule has 172 valence electrons. The standard InChI is InChI=1S/C27H30N2O4/c1-31-20-11-12-25-23(17-20)26-24(18-33-25)29(15-16-32-26)14-5-4-13-28-27(30)22-10-6-8-19-7-2-3-9-21(19)22/h2-3,6-12,17,24,26H,4-5,13-16,18H2,1H3,(H,28,30)/t24-,26-/m1/s1. The monoisotopic (exact) mass is 446 g/mol. The Labute approximate surface area is 194 Å². The van der Waals surface area contributed by atoms with Crippen LogP contribution in [0.25, 0.3) is 10.8 Å². The molecule has 2 aliphatic rings. The van der Waals surface area contributed by atoms with E-state index in [1.807, 2.05) is 60.7 Å². The molecule has 1 amide bonds. The van der Waals surface area contributed by atoms with E-state index < -0.39 is 0 Å². The summed E-state index contributed by atoms with van der Waals surface area (Å²) in [6.07, 6.45) is 1.93. The highest BCUT2D eigenvalue weighted by Crippen LogP contribution is 2.40. The fourth-order valence-corrected chi connectivity index (χ4v) is 4.88. The number of nitrogens with one attached hydrogen (secondary N) is 1. The minimum atomic E-state index is -0.00975. The molecule has 33 heavy (non-hydrogen) atoms. The number of hydrogen-bond acceptors (Lipinski definition) is 5. The van der Waals surface area contributed by atoms with Crippen molar-refractivity contribution in [3.63, 3.8) is 0 Å². The summed E-state index contributed by atoms with van der Waals surface area (Å²) in [5.74, 6) is 1.69. The van der Waals surface area contributed by atoms with Crippen molar-refractivity contribution in [1.82, 2.24) is 10.2 Å². The normalized spacial score (nSPS) is 19.9. The predicted octanol–water partition coefficient (Wildman–Crippen LogP) is 4.19. The van der Waals surface area contributed by atoms with Gasteiger partial charge in [-0.3, -0.25) is 9.69 Å². The number of fused-ring (bicyclic) bond motifs is 4. The van der Waals surface area contributed by atoms with Crippen LogP contribution in [0.4, 0.5) is 0 Å². The van der Waals surface area contributed by atoms with Crippen LogP contribution < -0.4 is 14.8 Å². The zero-order chi connectivity index (χ0) is 22.6. The molecule has 2 atom stereocenters. The van der Waals surface area contributed by atoms with Gasteiger partial charge < -0.3 is 19.5 Å².